The van der Waals surface area contributed by atoms with Crippen molar-refractivity contribution in [2.45, 2.75) is 0 Å². The first-order valence-electron chi connectivity index (χ1n) is 4.56. The molecule has 0 saturated carbocycles. The van der Waals surface area contributed by atoms with E-state index in [4.69, 9.17) is 23.2 Å². The maximum Gasteiger partial charge on any atom is 0.422 e. The van der Waals surface area contributed by atoms with E-state index in [9.17, 15) is 9.59 Å². The summed E-state index contributed by atoms with van der Waals surface area (Å²) in [5.41, 5.74) is 0.269. The van der Waals surface area contributed by atoms with Crippen LogP contribution in [-0.2, 0) is 4.74 Å². The van der Waals surface area contributed by atoms with Crippen LogP contribution in [0, 0.1) is 0 Å². The van der Waals surface area contributed by atoms with E-state index in [0.717, 1.165) is 4.90 Å². The Morgan fingerprint density at radius 3 is 2.41 bits per heavy atom. The highest BCUT2D eigenvalue weighted by atomic mass is 35.5. The van der Waals surface area contributed by atoms with E-state index in [1.54, 1.807) is 0 Å². The summed E-state index contributed by atoms with van der Waals surface area (Å²) in [6.45, 7) is 0. The molecule has 1 rings (SSSR count). The molecule has 0 saturated heterocycles. The maximum atomic E-state index is 11.5. The fourth-order valence-corrected chi connectivity index (χ4v) is 1.43. The number of carbonyl (C=O) groups excluding carboxylic acids is 2. The number of hydrogen-bond donors (Lipinski definition) is 1. The number of nitrogens with zero attached hydrogens (tertiary/aromatic N) is 1. The zero-order valence-corrected chi connectivity index (χ0v) is 10.7. The molecule has 7 heteroatoms. The van der Waals surface area contributed by atoms with Crippen molar-refractivity contribution in [3.63, 3.8) is 0 Å². The minimum atomic E-state index is -0.817. The minimum Gasteiger partial charge on any atom is -0.452 e. The lowest BCUT2D eigenvalue weighted by Crippen LogP contribution is -2.42. The molecule has 0 spiro atoms. The molecule has 1 aromatic rings. The smallest absolute Gasteiger partial charge is 0.422 e. The van der Waals surface area contributed by atoms with E-state index < -0.39 is 12.1 Å². The number of hydrogen-bond acceptors (Lipinski definition) is 3. The van der Waals surface area contributed by atoms with Gasteiger partial charge in [-0.2, -0.15) is 4.90 Å². The Bertz CT molecular complexity index is 435. The Labute approximate surface area is 108 Å². The van der Waals surface area contributed by atoms with Crippen molar-refractivity contribution in [3.8, 4) is 0 Å². The molecule has 0 heterocycles. The van der Waals surface area contributed by atoms with Gasteiger partial charge in [0.15, 0.2) is 0 Å². The Morgan fingerprint density at radius 1 is 1.29 bits per heavy atom. The zero-order chi connectivity index (χ0) is 13.0. The molecule has 0 aliphatic rings. The third-order valence-electron chi connectivity index (χ3n) is 1.94. The van der Waals surface area contributed by atoms with Gasteiger partial charge in [0, 0.05) is 7.05 Å². The van der Waals surface area contributed by atoms with E-state index in [1.165, 1.54) is 32.4 Å². The predicted molar refractivity (Wildman–Crippen MR) is 65.8 cm³/mol. The summed E-state index contributed by atoms with van der Waals surface area (Å²) in [6.07, 6.45) is -0.817. The first-order valence-corrected chi connectivity index (χ1v) is 5.31. The normalized spacial score (nSPS) is 9.65. The molecule has 0 unspecified atom stereocenters. The second kappa shape index (κ2) is 5.75. The third-order valence-corrected chi connectivity index (χ3v) is 2.67. The topological polar surface area (TPSA) is 58.6 Å². The average molecular weight is 277 g/mol. The van der Waals surface area contributed by atoms with Gasteiger partial charge in [-0.3, -0.25) is 0 Å². The van der Waals surface area contributed by atoms with Crippen LogP contribution in [0.15, 0.2) is 18.2 Å². The molecule has 0 fully saturated rings. The Hall–Kier alpha value is -1.46. The quantitative estimate of drug-likeness (QED) is 0.858. The molecule has 92 valence electrons. The van der Waals surface area contributed by atoms with Crippen molar-refractivity contribution in [3.05, 3.63) is 28.2 Å². The van der Waals surface area contributed by atoms with Gasteiger partial charge < -0.3 is 10.1 Å². The van der Waals surface area contributed by atoms with Gasteiger partial charge in [0.25, 0.3) is 0 Å². The molecule has 3 amide bonds. The van der Waals surface area contributed by atoms with Crippen molar-refractivity contribution in [2.75, 3.05) is 19.1 Å². The summed E-state index contributed by atoms with van der Waals surface area (Å²) in [4.78, 5) is 23.8. The number of anilines is 1. The number of urea groups is 1. The Morgan fingerprint density at radius 2 is 1.94 bits per heavy atom. The largest absolute Gasteiger partial charge is 0.452 e. The molecule has 1 N–H and O–H groups in total. The molecule has 5 nitrogen and oxygen atoms in total. The van der Waals surface area contributed by atoms with Crippen molar-refractivity contribution >= 4 is 41.0 Å². The molecule has 1 aromatic carbocycles. The highest BCUT2D eigenvalue weighted by molar-refractivity contribution is 6.42. The fourth-order valence-electron chi connectivity index (χ4n) is 1.13. The number of rotatable bonds is 1. The minimum absolute atomic E-state index is 0.238. The van der Waals surface area contributed by atoms with Gasteiger partial charge in [0.2, 0.25) is 0 Å². The SMILES string of the molecule is CNC(=O)N(C(=O)OC)c1ccc(Cl)c(Cl)c1. The standard InChI is InChI=1S/C10H10Cl2N2O3/c1-13-9(15)14(10(16)17-2)6-3-4-7(11)8(12)5-6/h3-5H,1-2H3,(H,13,15). The van der Waals surface area contributed by atoms with Gasteiger partial charge in [0.1, 0.15) is 0 Å². The second-order valence-electron chi connectivity index (χ2n) is 2.96. The molecule has 0 radical (unpaired) electrons. The van der Waals surface area contributed by atoms with E-state index >= 15 is 0 Å². The molecular weight excluding hydrogens is 267 g/mol. The van der Waals surface area contributed by atoms with Crippen LogP contribution in [0.1, 0.15) is 0 Å². The zero-order valence-electron chi connectivity index (χ0n) is 9.16. The summed E-state index contributed by atoms with van der Waals surface area (Å²) in [6, 6.07) is 3.74. The lowest BCUT2D eigenvalue weighted by Gasteiger charge is -2.19. The van der Waals surface area contributed by atoms with Gasteiger partial charge in [-0.05, 0) is 18.2 Å². The van der Waals surface area contributed by atoms with E-state index in [0.29, 0.717) is 5.02 Å². The molecule has 0 aliphatic carbocycles. The highest BCUT2D eigenvalue weighted by Crippen LogP contribution is 2.27. The fraction of sp³-hybridized carbons (Fsp3) is 0.200. The van der Waals surface area contributed by atoms with Crippen molar-refractivity contribution in [1.29, 1.82) is 0 Å². The van der Waals surface area contributed by atoms with Gasteiger partial charge >= 0.3 is 12.1 Å². The molecule has 0 aromatic heterocycles. The monoisotopic (exact) mass is 276 g/mol. The Kier molecular flexibility index (Phi) is 4.60. The van der Waals surface area contributed by atoms with E-state index in [1.807, 2.05) is 0 Å². The second-order valence-corrected chi connectivity index (χ2v) is 3.77. The number of imide groups is 1. The number of nitrogens with one attached hydrogen (secondary N) is 1. The van der Waals surface area contributed by atoms with Crippen LogP contribution in [0.4, 0.5) is 15.3 Å². The number of methoxy groups -OCH3 is 1. The number of ether oxygens (including phenoxy) is 1. The van der Waals surface area contributed by atoms with Crippen LogP contribution in [-0.4, -0.2) is 26.3 Å². The van der Waals surface area contributed by atoms with Crippen molar-refractivity contribution in [2.24, 2.45) is 0 Å². The number of halogens is 2. The van der Waals surface area contributed by atoms with Crippen molar-refractivity contribution in [1.82, 2.24) is 5.32 Å². The molecular formula is C10H10Cl2N2O3. The van der Waals surface area contributed by atoms with Crippen molar-refractivity contribution < 1.29 is 14.3 Å². The van der Waals surface area contributed by atoms with Crippen LogP contribution >= 0.6 is 23.2 Å². The van der Waals surface area contributed by atoms with Gasteiger partial charge in [-0.1, -0.05) is 23.2 Å². The average Bonchev–Trinajstić information content (AvgIpc) is 2.33. The van der Waals surface area contributed by atoms with Crippen LogP contribution in [0.25, 0.3) is 0 Å². The van der Waals surface area contributed by atoms with Crippen LogP contribution in [0.2, 0.25) is 10.0 Å². The van der Waals surface area contributed by atoms with Gasteiger partial charge in [-0.15, -0.1) is 0 Å². The number of amides is 3. The first kappa shape index (κ1) is 13.6. The van der Waals surface area contributed by atoms with Crippen LogP contribution in [0.3, 0.4) is 0 Å². The van der Waals surface area contributed by atoms with E-state index in [-0.39, 0.29) is 10.7 Å². The maximum absolute atomic E-state index is 11.5. The lowest BCUT2D eigenvalue weighted by molar-refractivity contribution is 0.178. The van der Waals surface area contributed by atoms with Crippen LogP contribution < -0.4 is 10.2 Å². The number of benzene rings is 1. The number of carbonyl (C=O) groups is 2. The van der Waals surface area contributed by atoms with Gasteiger partial charge in [-0.25, -0.2) is 9.59 Å². The summed E-state index contributed by atoms with van der Waals surface area (Å²) in [5, 5.41) is 2.89. The molecule has 0 bridgehead atoms. The summed E-state index contributed by atoms with van der Waals surface area (Å²) < 4.78 is 4.51. The van der Waals surface area contributed by atoms with Gasteiger partial charge in [0.05, 0.1) is 22.8 Å². The predicted octanol–water partition coefficient (Wildman–Crippen LogP) is 2.91. The van der Waals surface area contributed by atoms with E-state index in [2.05, 4.69) is 10.1 Å². The lowest BCUT2D eigenvalue weighted by atomic mass is 10.3. The Balaban J connectivity index is 3.17. The third kappa shape index (κ3) is 3.01. The summed E-state index contributed by atoms with van der Waals surface area (Å²) in [7, 11) is 2.57. The first-order chi connectivity index (χ1) is 8.01. The van der Waals surface area contributed by atoms with Crippen LogP contribution in [0.5, 0.6) is 0 Å². The summed E-state index contributed by atoms with van der Waals surface area (Å²) >= 11 is 11.6. The molecule has 0 atom stereocenters. The molecule has 0 aliphatic heterocycles. The highest BCUT2D eigenvalue weighted by Gasteiger charge is 2.23. The molecule has 17 heavy (non-hydrogen) atoms. The summed E-state index contributed by atoms with van der Waals surface area (Å²) in [5.74, 6) is 0.